The molecule has 0 radical (unpaired) electrons. The number of rotatable bonds is 4. The molecule has 1 saturated heterocycles. The number of hydrogen-bond donors (Lipinski definition) is 0. The molecule has 17 heavy (non-hydrogen) atoms. The smallest absolute Gasteiger partial charge is 0.247 e. The van der Waals surface area contributed by atoms with Crippen molar-refractivity contribution in [3.63, 3.8) is 0 Å². The van der Waals surface area contributed by atoms with E-state index in [2.05, 4.69) is 0 Å². The van der Waals surface area contributed by atoms with Crippen LogP contribution in [-0.4, -0.2) is 38.2 Å². The Labute approximate surface area is 100 Å². The van der Waals surface area contributed by atoms with Crippen molar-refractivity contribution in [3.8, 4) is 5.75 Å². The summed E-state index contributed by atoms with van der Waals surface area (Å²) in [5.41, 5.74) is 0. The third-order valence-electron chi connectivity index (χ3n) is 2.47. The molecule has 0 spiro atoms. The molecule has 6 heteroatoms. The van der Waals surface area contributed by atoms with Crippen LogP contribution < -0.4 is 4.74 Å². The Hall–Kier alpha value is -1.40. The van der Waals surface area contributed by atoms with Gasteiger partial charge in [0, 0.05) is 0 Å². The summed E-state index contributed by atoms with van der Waals surface area (Å²) in [6, 6.07) is 6.45. The minimum atomic E-state index is -3.60. The van der Waals surface area contributed by atoms with E-state index in [4.69, 9.17) is 4.74 Å². The van der Waals surface area contributed by atoms with Crippen LogP contribution in [0, 0.1) is 0 Å². The van der Waals surface area contributed by atoms with Gasteiger partial charge in [-0.2, -0.15) is 4.31 Å². The highest BCUT2D eigenvalue weighted by molar-refractivity contribution is 7.89. The van der Waals surface area contributed by atoms with E-state index in [0.29, 0.717) is 12.4 Å². The first-order valence-corrected chi connectivity index (χ1v) is 6.73. The predicted molar refractivity (Wildman–Crippen MR) is 61.4 cm³/mol. The standard InChI is InChI=1S/C11H13NO4S/c1-2-16-10-5-3-4-6-11(10)17(14,15)12-7-9(13)8-12/h3-6H,2,7-8H2,1H3. The number of Topliss-reactive ketones (excluding diaryl/α,β-unsaturated/α-hetero) is 1. The number of ether oxygens (including phenoxy) is 1. The molecule has 1 heterocycles. The summed E-state index contributed by atoms with van der Waals surface area (Å²) in [5.74, 6) is 0.261. The van der Waals surface area contributed by atoms with Crippen molar-refractivity contribution in [1.29, 1.82) is 0 Å². The summed E-state index contributed by atoms with van der Waals surface area (Å²) in [7, 11) is -3.60. The first-order valence-electron chi connectivity index (χ1n) is 5.29. The van der Waals surface area contributed by atoms with Gasteiger partial charge in [-0.1, -0.05) is 12.1 Å². The Kier molecular flexibility index (Phi) is 3.17. The lowest BCUT2D eigenvalue weighted by Crippen LogP contribution is -2.50. The highest BCUT2D eigenvalue weighted by atomic mass is 32.2. The zero-order chi connectivity index (χ0) is 12.5. The lowest BCUT2D eigenvalue weighted by atomic mass is 10.3. The molecule has 0 atom stereocenters. The highest BCUT2D eigenvalue weighted by Crippen LogP contribution is 2.28. The molecule has 0 bridgehead atoms. The van der Waals surface area contributed by atoms with Crippen LogP contribution in [0.5, 0.6) is 5.75 Å². The fraction of sp³-hybridized carbons (Fsp3) is 0.364. The molecule has 2 rings (SSSR count). The van der Waals surface area contributed by atoms with Crippen molar-refractivity contribution in [2.45, 2.75) is 11.8 Å². The van der Waals surface area contributed by atoms with Crippen LogP contribution in [0.15, 0.2) is 29.2 Å². The van der Waals surface area contributed by atoms with Crippen LogP contribution in [0.1, 0.15) is 6.92 Å². The minimum Gasteiger partial charge on any atom is -0.492 e. The van der Waals surface area contributed by atoms with E-state index in [1.54, 1.807) is 25.1 Å². The number of carbonyl (C=O) groups excluding carboxylic acids is 1. The van der Waals surface area contributed by atoms with E-state index in [0.717, 1.165) is 4.31 Å². The van der Waals surface area contributed by atoms with Crippen LogP contribution in [0.3, 0.4) is 0 Å². The highest BCUT2D eigenvalue weighted by Gasteiger charge is 2.36. The maximum atomic E-state index is 12.1. The van der Waals surface area contributed by atoms with Gasteiger partial charge in [0.05, 0.1) is 19.7 Å². The maximum Gasteiger partial charge on any atom is 0.247 e. The largest absolute Gasteiger partial charge is 0.492 e. The van der Waals surface area contributed by atoms with Crippen molar-refractivity contribution in [2.75, 3.05) is 19.7 Å². The molecule has 1 fully saturated rings. The van der Waals surface area contributed by atoms with E-state index < -0.39 is 10.0 Å². The SMILES string of the molecule is CCOc1ccccc1S(=O)(=O)N1CC(=O)C1. The van der Waals surface area contributed by atoms with Gasteiger partial charge in [0.25, 0.3) is 0 Å². The van der Waals surface area contributed by atoms with Gasteiger partial charge in [-0.15, -0.1) is 0 Å². The molecule has 0 unspecified atom stereocenters. The lowest BCUT2D eigenvalue weighted by molar-refractivity contribution is -0.125. The van der Waals surface area contributed by atoms with E-state index in [9.17, 15) is 13.2 Å². The van der Waals surface area contributed by atoms with Crippen LogP contribution in [0.4, 0.5) is 0 Å². The minimum absolute atomic E-state index is 0.0389. The fourth-order valence-electron chi connectivity index (χ4n) is 1.59. The number of ketones is 1. The van der Waals surface area contributed by atoms with E-state index >= 15 is 0 Å². The fourth-order valence-corrected chi connectivity index (χ4v) is 3.13. The van der Waals surface area contributed by atoms with E-state index in [-0.39, 0.29) is 23.8 Å². The number of nitrogens with zero attached hydrogens (tertiary/aromatic N) is 1. The molecule has 5 nitrogen and oxygen atoms in total. The van der Waals surface area contributed by atoms with Crippen LogP contribution in [-0.2, 0) is 14.8 Å². The molecule has 0 aromatic heterocycles. The van der Waals surface area contributed by atoms with Gasteiger partial charge < -0.3 is 4.74 Å². The third kappa shape index (κ3) is 2.18. The number of hydrogen-bond acceptors (Lipinski definition) is 4. The number of sulfonamides is 1. The van der Waals surface area contributed by atoms with Crippen molar-refractivity contribution in [3.05, 3.63) is 24.3 Å². The second-order valence-corrected chi connectivity index (χ2v) is 5.60. The molecule has 0 amide bonds. The van der Waals surface area contributed by atoms with Crippen molar-refractivity contribution < 1.29 is 17.9 Å². The summed E-state index contributed by atoms with van der Waals surface area (Å²) in [6.07, 6.45) is 0. The molecular weight excluding hydrogens is 242 g/mol. The molecule has 1 aliphatic rings. The Morgan fingerprint density at radius 1 is 1.29 bits per heavy atom. The molecule has 92 valence electrons. The average molecular weight is 255 g/mol. The van der Waals surface area contributed by atoms with Gasteiger partial charge >= 0.3 is 0 Å². The maximum absolute atomic E-state index is 12.1. The zero-order valence-electron chi connectivity index (χ0n) is 9.42. The average Bonchev–Trinajstić information content (AvgIpc) is 2.26. The summed E-state index contributed by atoms with van der Waals surface area (Å²) < 4.78 is 30.7. The summed E-state index contributed by atoms with van der Waals surface area (Å²) in [5, 5.41) is 0. The van der Waals surface area contributed by atoms with Gasteiger partial charge in [-0.05, 0) is 19.1 Å². The Bertz CT molecular complexity index is 530. The summed E-state index contributed by atoms with van der Waals surface area (Å²) in [4.78, 5) is 11.0. The third-order valence-corrected chi connectivity index (χ3v) is 4.30. The van der Waals surface area contributed by atoms with Gasteiger partial charge in [0.2, 0.25) is 10.0 Å². The number of para-hydroxylation sites is 1. The van der Waals surface area contributed by atoms with Crippen LogP contribution in [0.25, 0.3) is 0 Å². The summed E-state index contributed by atoms with van der Waals surface area (Å²) >= 11 is 0. The number of carbonyl (C=O) groups is 1. The summed E-state index contributed by atoms with van der Waals surface area (Å²) in [6.45, 7) is 2.10. The molecule has 0 aliphatic carbocycles. The van der Waals surface area contributed by atoms with E-state index in [1.165, 1.54) is 6.07 Å². The van der Waals surface area contributed by atoms with Gasteiger partial charge in [-0.25, -0.2) is 8.42 Å². The predicted octanol–water partition coefficient (Wildman–Crippen LogP) is 0.659. The van der Waals surface area contributed by atoms with Crippen LogP contribution in [0.2, 0.25) is 0 Å². The Morgan fingerprint density at radius 2 is 1.94 bits per heavy atom. The van der Waals surface area contributed by atoms with Crippen LogP contribution >= 0.6 is 0 Å². The van der Waals surface area contributed by atoms with Gasteiger partial charge in [0.15, 0.2) is 5.78 Å². The van der Waals surface area contributed by atoms with E-state index in [1.807, 2.05) is 0 Å². The monoisotopic (exact) mass is 255 g/mol. The molecule has 1 aromatic rings. The Morgan fingerprint density at radius 3 is 2.53 bits per heavy atom. The van der Waals surface area contributed by atoms with Crippen molar-refractivity contribution in [1.82, 2.24) is 4.31 Å². The topological polar surface area (TPSA) is 63.7 Å². The van der Waals surface area contributed by atoms with Crippen molar-refractivity contribution >= 4 is 15.8 Å². The molecular formula is C11H13NO4S. The molecule has 1 aromatic carbocycles. The second-order valence-electron chi connectivity index (χ2n) is 3.69. The molecule has 0 saturated carbocycles. The first-order chi connectivity index (χ1) is 8.05. The van der Waals surface area contributed by atoms with Crippen molar-refractivity contribution in [2.24, 2.45) is 0 Å². The molecule has 0 N–H and O–H groups in total. The van der Waals surface area contributed by atoms with Gasteiger partial charge in [-0.3, -0.25) is 4.79 Å². The second kappa shape index (κ2) is 4.46. The normalized spacial score (nSPS) is 16.6. The van der Waals surface area contributed by atoms with Gasteiger partial charge in [0.1, 0.15) is 10.6 Å². The number of benzene rings is 1. The lowest BCUT2D eigenvalue weighted by Gasteiger charge is -2.28. The first kappa shape index (κ1) is 12.1. The molecule has 1 aliphatic heterocycles. The zero-order valence-corrected chi connectivity index (χ0v) is 10.2. The quantitative estimate of drug-likeness (QED) is 0.792. The Balaban J connectivity index is 2.36.